The van der Waals surface area contributed by atoms with Crippen molar-refractivity contribution in [2.45, 2.75) is 25.7 Å². The van der Waals surface area contributed by atoms with Gasteiger partial charge in [-0.3, -0.25) is 4.72 Å². The van der Waals surface area contributed by atoms with Gasteiger partial charge in [-0.25, -0.2) is 8.42 Å². The molecule has 110 valence electrons. The summed E-state index contributed by atoms with van der Waals surface area (Å²) < 4.78 is 27.6. The van der Waals surface area contributed by atoms with Gasteiger partial charge in [0.15, 0.2) is 0 Å². The van der Waals surface area contributed by atoms with E-state index in [0.29, 0.717) is 5.69 Å². The van der Waals surface area contributed by atoms with Crippen molar-refractivity contribution < 1.29 is 8.42 Å². The molecule has 0 saturated heterocycles. The smallest absolute Gasteiger partial charge is 0.261 e. The first kappa shape index (κ1) is 15.3. The highest BCUT2D eigenvalue weighted by Crippen LogP contribution is 2.25. The number of hydrogen-bond donors (Lipinski definition) is 1. The average molecular weight is 301 g/mol. The fourth-order valence-electron chi connectivity index (χ4n) is 1.99. The lowest BCUT2D eigenvalue weighted by atomic mass is 10.1. The molecule has 0 saturated carbocycles. The van der Waals surface area contributed by atoms with E-state index >= 15 is 0 Å². The van der Waals surface area contributed by atoms with Gasteiger partial charge < -0.3 is 0 Å². The molecule has 2 aromatic rings. The zero-order valence-corrected chi connectivity index (χ0v) is 13.2. The number of rotatable bonds is 4. The van der Waals surface area contributed by atoms with Crippen molar-refractivity contribution in [2.24, 2.45) is 0 Å². The van der Waals surface area contributed by atoms with Crippen LogP contribution >= 0.6 is 0 Å². The monoisotopic (exact) mass is 301 g/mol. The molecule has 0 radical (unpaired) electrons. The van der Waals surface area contributed by atoms with Crippen molar-refractivity contribution in [3.8, 4) is 0 Å². The third kappa shape index (κ3) is 3.52. The summed E-state index contributed by atoms with van der Waals surface area (Å²) in [6, 6.07) is 14.2. The zero-order valence-electron chi connectivity index (χ0n) is 12.4. The maximum atomic E-state index is 12.4. The minimum absolute atomic E-state index is 0.265. The molecule has 1 N–H and O–H groups in total. The Morgan fingerprint density at radius 3 is 2.29 bits per heavy atom. The Labute approximate surface area is 126 Å². The molecular weight excluding hydrogens is 282 g/mol. The van der Waals surface area contributed by atoms with E-state index in [9.17, 15) is 8.42 Å². The van der Waals surface area contributed by atoms with Gasteiger partial charge in [0, 0.05) is 5.56 Å². The lowest BCUT2D eigenvalue weighted by Crippen LogP contribution is -2.14. The molecule has 3 nitrogen and oxygen atoms in total. The number of aryl methyl sites for hydroxylation is 1. The number of anilines is 1. The minimum Gasteiger partial charge on any atom is -0.279 e. The molecule has 0 unspecified atom stereocenters. The molecule has 0 amide bonds. The average Bonchev–Trinajstić information content (AvgIpc) is 2.47. The summed E-state index contributed by atoms with van der Waals surface area (Å²) in [7, 11) is -3.57. The van der Waals surface area contributed by atoms with Crippen LogP contribution in [0.25, 0.3) is 5.57 Å². The summed E-state index contributed by atoms with van der Waals surface area (Å²) in [5.74, 6) is 0. The number of para-hydroxylation sites is 1. The van der Waals surface area contributed by atoms with Gasteiger partial charge in [0.25, 0.3) is 10.0 Å². The van der Waals surface area contributed by atoms with Crippen LogP contribution in [0.2, 0.25) is 0 Å². The number of sulfonamides is 1. The first-order valence-corrected chi connectivity index (χ1v) is 8.24. The van der Waals surface area contributed by atoms with Crippen LogP contribution in [0.15, 0.2) is 59.5 Å². The van der Waals surface area contributed by atoms with E-state index in [0.717, 1.165) is 16.7 Å². The van der Waals surface area contributed by atoms with E-state index in [1.54, 1.807) is 30.3 Å². The van der Waals surface area contributed by atoms with Crippen LogP contribution in [0.3, 0.4) is 0 Å². The lowest BCUT2D eigenvalue weighted by molar-refractivity contribution is 0.601. The first-order chi connectivity index (χ1) is 9.94. The Kier molecular flexibility index (Phi) is 4.48. The zero-order chi connectivity index (χ0) is 15.5. The molecule has 2 aromatic carbocycles. The van der Waals surface area contributed by atoms with Crippen LogP contribution in [0.4, 0.5) is 5.69 Å². The molecule has 0 aliphatic carbocycles. The van der Waals surface area contributed by atoms with Gasteiger partial charge in [0.05, 0.1) is 10.6 Å². The van der Waals surface area contributed by atoms with E-state index in [1.165, 1.54) is 0 Å². The Morgan fingerprint density at radius 1 is 1.05 bits per heavy atom. The van der Waals surface area contributed by atoms with Crippen molar-refractivity contribution in [3.05, 3.63) is 65.7 Å². The second kappa shape index (κ2) is 6.14. The summed E-state index contributed by atoms with van der Waals surface area (Å²) in [5.41, 5.74) is 3.53. The van der Waals surface area contributed by atoms with Crippen LogP contribution in [-0.2, 0) is 10.0 Å². The summed E-state index contributed by atoms with van der Waals surface area (Å²) in [5, 5.41) is 0. The largest absolute Gasteiger partial charge is 0.279 e. The van der Waals surface area contributed by atoms with Gasteiger partial charge >= 0.3 is 0 Å². The molecule has 0 fully saturated rings. The molecule has 0 aromatic heterocycles. The minimum atomic E-state index is -3.57. The van der Waals surface area contributed by atoms with Crippen LogP contribution in [-0.4, -0.2) is 8.42 Å². The van der Waals surface area contributed by atoms with Gasteiger partial charge in [-0.2, -0.15) is 0 Å². The van der Waals surface area contributed by atoms with Crippen molar-refractivity contribution in [1.29, 1.82) is 0 Å². The van der Waals surface area contributed by atoms with E-state index < -0.39 is 10.0 Å². The topological polar surface area (TPSA) is 46.2 Å². The first-order valence-electron chi connectivity index (χ1n) is 6.76. The predicted octanol–water partition coefficient (Wildman–Crippen LogP) is 4.22. The highest BCUT2D eigenvalue weighted by Gasteiger charge is 2.15. The van der Waals surface area contributed by atoms with Gasteiger partial charge in [0.1, 0.15) is 0 Å². The van der Waals surface area contributed by atoms with Crippen LogP contribution in [0.5, 0.6) is 0 Å². The molecule has 0 aliphatic rings. The molecular formula is C17H19NO2S. The van der Waals surface area contributed by atoms with Gasteiger partial charge in [0.2, 0.25) is 0 Å². The molecule has 2 rings (SSSR count). The van der Waals surface area contributed by atoms with Crippen molar-refractivity contribution in [3.63, 3.8) is 0 Å². The van der Waals surface area contributed by atoms with Gasteiger partial charge in [-0.1, -0.05) is 42.0 Å². The standard InChI is InChI=1S/C17H19NO2S/c1-4-14(3)16-7-5-6-8-17(16)18-21(19,20)15-11-9-13(2)10-12-15/h4-12,18H,1-3H3/b14-4+. The summed E-state index contributed by atoms with van der Waals surface area (Å²) in [6.45, 7) is 5.81. The van der Waals surface area contributed by atoms with E-state index in [1.807, 2.05) is 45.0 Å². The molecule has 0 heterocycles. The van der Waals surface area contributed by atoms with Crippen molar-refractivity contribution in [1.82, 2.24) is 0 Å². The number of allylic oxidation sites excluding steroid dienone is 2. The van der Waals surface area contributed by atoms with Crippen LogP contribution in [0, 0.1) is 6.92 Å². The summed E-state index contributed by atoms with van der Waals surface area (Å²) in [6.07, 6.45) is 1.96. The fraction of sp³-hybridized carbons (Fsp3) is 0.176. The summed E-state index contributed by atoms with van der Waals surface area (Å²) in [4.78, 5) is 0.265. The van der Waals surface area contributed by atoms with E-state index in [2.05, 4.69) is 4.72 Å². The second-order valence-corrected chi connectivity index (χ2v) is 6.62. The van der Waals surface area contributed by atoms with Crippen molar-refractivity contribution in [2.75, 3.05) is 4.72 Å². The van der Waals surface area contributed by atoms with Crippen LogP contribution < -0.4 is 4.72 Å². The van der Waals surface area contributed by atoms with Crippen LogP contribution in [0.1, 0.15) is 25.0 Å². The van der Waals surface area contributed by atoms with Crippen molar-refractivity contribution >= 4 is 21.3 Å². The lowest BCUT2D eigenvalue weighted by Gasteiger charge is -2.13. The second-order valence-electron chi connectivity index (χ2n) is 4.94. The third-order valence-electron chi connectivity index (χ3n) is 3.36. The van der Waals surface area contributed by atoms with Gasteiger partial charge in [-0.05, 0) is 44.5 Å². The number of nitrogens with one attached hydrogen (secondary N) is 1. The number of benzene rings is 2. The molecule has 0 bridgehead atoms. The predicted molar refractivity (Wildman–Crippen MR) is 87.8 cm³/mol. The Bertz CT molecular complexity index is 760. The quantitative estimate of drug-likeness (QED) is 0.919. The molecule has 0 atom stereocenters. The summed E-state index contributed by atoms with van der Waals surface area (Å²) >= 11 is 0. The third-order valence-corrected chi connectivity index (χ3v) is 4.74. The van der Waals surface area contributed by atoms with Gasteiger partial charge in [-0.15, -0.1) is 0 Å². The Balaban J connectivity index is 2.40. The Hall–Kier alpha value is -2.07. The maximum Gasteiger partial charge on any atom is 0.261 e. The maximum absolute atomic E-state index is 12.4. The van der Waals surface area contributed by atoms with E-state index in [-0.39, 0.29) is 4.90 Å². The molecule has 0 spiro atoms. The molecule has 4 heteroatoms. The highest BCUT2D eigenvalue weighted by molar-refractivity contribution is 7.92. The molecule has 21 heavy (non-hydrogen) atoms. The normalized spacial score (nSPS) is 12.2. The number of hydrogen-bond acceptors (Lipinski definition) is 2. The van der Waals surface area contributed by atoms with E-state index in [4.69, 9.17) is 0 Å². The Morgan fingerprint density at radius 2 is 1.67 bits per heavy atom. The molecule has 0 aliphatic heterocycles. The fourth-order valence-corrected chi connectivity index (χ4v) is 3.07. The SMILES string of the molecule is C/C=C(\C)c1ccccc1NS(=O)(=O)c1ccc(C)cc1. The highest BCUT2D eigenvalue weighted by atomic mass is 32.2.